The van der Waals surface area contributed by atoms with Crippen molar-refractivity contribution in [2.24, 2.45) is 11.7 Å². The van der Waals surface area contributed by atoms with Crippen LogP contribution in [-0.2, 0) is 10.0 Å². The molecule has 126 valence electrons. The maximum atomic E-state index is 12.5. The fraction of sp³-hybridized carbons (Fsp3) is 0.625. The van der Waals surface area contributed by atoms with E-state index in [0.29, 0.717) is 31.1 Å². The van der Waals surface area contributed by atoms with Crippen molar-refractivity contribution >= 4 is 10.0 Å². The van der Waals surface area contributed by atoms with Crippen molar-refractivity contribution in [2.75, 3.05) is 13.2 Å². The van der Waals surface area contributed by atoms with Gasteiger partial charge in [0, 0.05) is 12.1 Å². The van der Waals surface area contributed by atoms with Gasteiger partial charge in [-0.3, -0.25) is 0 Å². The molecule has 0 saturated heterocycles. The Hall–Kier alpha value is -1.11. The lowest BCUT2D eigenvalue weighted by Crippen LogP contribution is -2.52. The average molecular weight is 328 g/mol. The number of ether oxygens (including phenoxy) is 1. The Balaban J connectivity index is 2.89. The highest BCUT2D eigenvalue weighted by Crippen LogP contribution is 2.21. The Morgan fingerprint density at radius 2 is 1.73 bits per heavy atom. The Kier molecular flexibility index (Phi) is 6.84. The van der Waals surface area contributed by atoms with E-state index in [1.807, 2.05) is 13.8 Å². The van der Waals surface area contributed by atoms with Crippen LogP contribution in [-0.4, -0.2) is 27.1 Å². The SMILES string of the molecule is CCC(CC)(CN)NS(=O)(=O)c1ccc(OCC(C)C)cc1. The van der Waals surface area contributed by atoms with E-state index in [2.05, 4.69) is 18.6 Å². The standard InChI is InChI=1S/C16H28N2O3S/c1-5-16(6-2,12-17)18-22(19,20)15-9-7-14(8-10-15)21-11-13(3)4/h7-10,13,18H,5-6,11-12,17H2,1-4H3. The Labute approximate surface area is 134 Å². The maximum absolute atomic E-state index is 12.5. The van der Waals surface area contributed by atoms with Crippen LogP contribution >= 0.6 is 0 Å². The molecule has 0 aliphatic rings. The van der Waals surface area contributed by atoms with Gasteiger partial charge in [-0.2, -0.15) is 0 Å². The molecule has 0 aromatic heterocycles. The topological polar surface area (TPSA) is 81.4 Å². The predicted octanol–water partition coefficient (Wildman–Crippen LogP) is 2.52. The number of rotatable bonds is 9. The second kappa shape index (κ2) is 7.94. The minimum atomic E-state index is -3.59. The van der Waals surface area contributed by atoms with Gasteiger partial charge in [0.15, 0.2) is 0 Å². The molecule has 1 aromatic rings. The van der Waals surface area contributed by atoms with Crippen molar-refractivity contribution in [3.63, 3.8) is 0 Å². The van der Waals surface area contributed by atoms with E-state index >= 15 is 0 Å². The van der Waals surface area contributed by atoms with E-state index < -0.39 is 15.6 Å². The number of nitrogens with two attached hydrogens (primary N) is 1. The molecule has 0 spiro atoms. The van der Waals surface area contributed by atoms with E-state index in [-0.39, 0.29) is 11.4 Å². The molecule has 3 N–H and O–H groups in total. The van der Waals surface area contributed by atoms with Crippen LogP contribution in [0.25, 0.3) is 0 Å². The second-order valence-corrected chi connectivity index (χ2v) is 7.66. The van der Waals surface area contributed by atoms with Crippen molar-refractivity contribution in [3.8, 4) is 5.75 Å². The monoisotopic (exact) mass is 328 g/mol. The molecule has 0 aliphatic heterocycles. The van der Waals surface area contributed by atoms with Gasteiger partial charge in [-0.05, 0) is 43.0 Å². The normalized spacial score (nSPS) is 12.6. The first-order chi connectivity index (χ1) is 10.3. The highest BCUT2D eigenvalue weighted by atomic mass is 32.2. The first-order valence-electron chi connectivity index (χ1n) is 7.75. The van der Waals surface area contributed by atoms with Crippen LogP contribution in [0.2, 0.25) is 0 Å². The highest BCUT2D eigenvalue weighted by molar-refractivity contribution is 7.89. The van der Waals surface area contributed by atoms with Gasteiger partial charge in [0.05, 0.1) is 11.5 Å². The number of nitrogens with one attached hydrogen (secondary N) is 1. The first kappa shape index (κ1) is 18.9. The molecule has 1 rings (SSSR count). The molecule has 0 amide bonds. The molecule has 0 heterocycles. The number of sulfonamides is 1. The van der Waals surface area contributed by atoms with Crippen LogP contribution in [0.4, 0.5) is 0 Å². The molecule has 0 saturated carbocycles. The van der Waals surface area contributed by atoms with Crippen LogP contribution in [0.1, 0.15) is 40.5 Å². The van der Waals surface area contributed by atoms with Crippen molar-refractivity contribution in [2.45, 2.75) is 51.0 Å². The lowest BCUT2D eigenvalue weighted by molar-refractivity contribution is 0.271. The summed E-state index contributed by atoms with van der Waals surface area (Å²) in [5.74, 6) is 1.09. The van der Waals surface area contributed by atoms with Crippen LogP contribution in [0.15, 0.2) is 29.2 Å². The van der Waals surface area contributed by atoms with E-state index in [9.17, 15) is 8.42 Å². The third-order valence-electron chi connectivity index (χ3n) is 3.81. The van der Waals surface area contributed by atoms with Crippen molar-refractivity contribution < 1.29 is 13.2 Å². The lowest BCUT2D eigenvalue weighted by Gasteiger charge is -2.31. The predicted molar refractivity (Wildman–Crippen MR) is 89.5 cm³/mol. The summed E-state index contributed by atoms with van der Waals surface area (Å²) in [5.41, 5.74) is 5.17. The summed E-state index contributed by atoms with van der Waals surface area (Å²) >= 11 is 0. The quantitative estimate of drug-likeness (QED) is 0.730. The Morgan fingerprint density at radius 3 is 2.14 bits per heavy atom. The largest absolute Gasteiger partial charge is 0.493 e. The summed E-state index contributed by atoms with van der Waals surface area (Å²) in [6.45, 7) is 8.86. The van der Waals surface area contributed by atoms with Gasteiger partial charge in [0.1, 0.15) is 5.75 Å². The molecular formula is C16H28N2O3S. The number of hydrogen-bond donors (Lipinski definition) is 2. The van der Waals surface area contributed by atoms with Crippen LogP contribution in [0, 0.1) is 5.92 Å². The van der Waals surface area contributed by atoms with Gasteiger partial charge in [-0.1, -0.05) is 27.7 Å². The van der Waals surface area contributed by atoms with E-state index in [1.165, 1.54) is 0 Å². The van der Waals surface area contributed by atoms with E-state index in [0.717, 1.165) is 0 Å². The Morgan fingerprint density at radius 1 is 1.18 bits per heavy atom. The molecule has 0 aliphatic carbocycles. The summed E-state index contributed by atoms with van der Waals surface area (Å²) in [6.07, 6.45) is 1.30. The summed E-state index contributed by atoms with van der Waals surface area (Å²) in [4.78, 5) is 0.226. The maximum Gasteiger partial charge on any atom is 0.241 e. The van der Waals surface area contributed by atoms with Crippen LogP contribution < -0.4 is 15.2 Å². The summed E-state index contributed by atoms with van der Waals surface area (Å²) < 4.78 is 33.3. The van der Waals surface area contributed by atoms with Crippen LogP contribution in [0.5, 0.6) is 5.75 Å². The molecule has 0 bridgehead atoms. The fourth-order valence-corrected chi connectivity index (χ4v) is 3.60. The number of benzene rings is 1. The fourth-order valence-electron chi connectivity index (χ4n) is 2.05. The van der Waals surface area contributed by atoms with Crippen molar-refractivity contribution in [1.29, 1.82) is 0 Å². The number of hydrogen-bond acceptors (Lipinski definition) is 4. The highest BCUT2D eigenvalue weighted by Gasteiger charge is 2.30. The molecule has 5 nitrogen and oxygen atoms in total. The first-order valence-corrected chi connectivity index (χ1v) is 9.23. The zero-order valence-corrected chi connectivity index (χ0v) is 14.7. The van der Waals surface area contributed by atoms with E-state index in [1.54, 1.807) is 24.3 Å². The second-order valence-electron chi connectivity index (χ2n) is 5.97. The lowest BCUT2D eigenvalue weighted by atomic mass is 9.95. The van der Waals surface area contributed by atoms with Crippen LogP contribution in [0.3, 0.4) is 0 Å². The van der Waals surface area contributed by atoms with Gasteiger partial charge in [-0.25, -0.2) is 13.1 Å². The molecule has 0 fully saturated rings. The average Bonchev–Trinajstić information content (AvgIpc) is 2.51. The summed E-state index contributed by atoms with van der Waals surface area (Å²) in [7, 11) is -3.59. The zero-order valence-electron chi connectivity index (χ0n) is 13.9. The summed E-state index contributed by atoms with van der Waals surface area (Å²) in [6, 6.07) is 6.48. The molecule has 6 heteroatoms. The third-order valence-corrected chi connectivity index (χ3v) is 5.41. The minimum absolute atomic E-state index is 0.226. The minimum Gasteiger partial charge on any atom is -0.493 e. The molecular weight excluding hydrogens is 300 g/mol. The molecule has 1 aromatic carbocycles. The van der Waals surface area contributed by atoms with Gasteiger partial charge in [-0.15, -0.1) is 0 Å². The summed E-state index contributed by atoms with van der Waals surface area (Å²) in [5, 5.41) is 0. The van der Waals surface area contributed by atoms with Crippen molar-refractivity contribution in [1.82, 2.24) is 4.72 Å². The Bertz CT molecular complexity index is 541. The van der Waals surface area contributed by atoms with Gasteiger partial charge in [0.2, 0.25) is 10.0 Å². The molecule has 22 heavy (non-hydrogen) atoms. The van der Waals surface area contributed by atoms with Gasteiger partial charge in [0.25, 0.3) is 0 Å². The molecule has 0 unspecified atom stereocenters. The molecule has 0 radical (unpaired) electrons. The van der Waals surface area contributed by atoms with Crippen molar-refractivity contribution in [3.05, 3.63) is 24.3 Å². The third kappa shape index (κ3) is 4.97. The van der Waals surface area contributed by atoms with Gasteiger partial charge >= 0.3 is 0 Å². The zero-order chi connectivity index (χ0) is 16.8. The molecule has 0 atom stereocenters. The smallest absolute Gasteiger partial charge is 0.241 e. The van der Waals surface area contributed by atoms with E-state index in [4.69, 9.17) is 10.5 Å². The van der Waals surface area contributed by atoms with Gasteiger partial charge < -0.3 is 10.5 Å².